The molecule has 1 heterocycles. The molecule has 0 atom stereocenters. The number of carbonyl (C=O) groups excluding carboxylic acids is 1. The molecule has 0 aliphatic rings. The minimum atomic E-state index is -0.725. The van der Waals surface area contributed by atoms with E-state index < -0.39 is 17.3 Å². The third kappa shape index (κ3) is 3.03. The van der Waals surface area contributed by atoms with Crippen molar-refractivity contribution in [3.63, 3.8) is 0 Å². The Bertz CT molecular complexity index is 1040. The zero-order valence-corrected chi connectivity index (χ0v) is 14.3. The quantitative estimate of drug-likeness (QED) is 0.795. The van der Waals surface area contributed by atoms with Crippen molar-refractivity contribution in [3.05, 3.63) is 69.4 Å². The van der Waals surface area contributed by atoms with Gasteiger partial charge in [-0.25, -0.2) is 9.37 Å². The number of hydrogen-bond acceptors (Lipinski definition) is 3. The molecule has 6 heteroatoms. The SMILES string of the molecule is CCn1c(=O)c(C(=O)Nc2ccccc2F)nc2cc(C)c(C)cc21. The van der Waals surface area contributed by atoms with Crippen LogP contribution in [0.3, 0.4) is 0 Å². The first kappa shape index (κ1) is 16.8. The molecule has 0 aliphatic heterocycles. The lowest BCUT2D eigenvalue weighted by Crippen LogP contribution is -2.31. The van der Waals surface area contributed by atoms with Crippen LogP contribution in [0.15, 0.2) is 41.2 Å². The van der Waals surface area contributed by atoms with Crippen LogP contribution in [0.5, 0.6) is 0 Å². The Labute approximate surface area is 144 Å². The predicted molar refractivity (Wildman–Crippen MR) is 95.5 cm³/mol. The average Bonchev–Trinajstić information content (AvgIpc) is 2.58. The molecule has 1 N–H and O–H groups in total. The van der Waals surface area contributed by atoms with Crippen molar-refractivity contribution >= 4 is 22.6 Å². The number of amides is 1. The first-order valence-electron chi connectivity index (χ1n) is 8.00. The number of halogens is 1. The summed E-state index contributed by atoms with van der Waals surface area (Å²) in [4.78, 5) is 29.4. The maximum absolute atomic E-state index is 13.7. The minimum absolute atomic E-state index is 0.0110. The van der Waals surface area contributed by atoms with Gasteiger partial charge in [0.25, 0.3) is 11.5 Å². The van der Waals surface area contributed by atoms with E-state index in [0.717, 1.165) is 11.1 Å². The smallest absolute Gasteiger partial charge is 0.282 e. The first-order valence-corrected chi connectivity index (χ1v) is 8.00. The van der Waals surface area contributed by atoms with E-state index in [2.05, 4.69) is 10.3 Å². The van der Waals surface area contributed by atoms with E-state index in [4.69, 9.17) is 0 Å². The van der Waals surface area contributed by atoms with Crippen LogP contribution in [-0.2, 0) is 6.54 Å². The summed E-state index contributed by atoms with van der Waals surface area (Å²) in [7, 11) is 0. The van der Waals surface area contributed by atoms with Gasteiger partial charge < -0.3 is 9.88 Å². The highest BCUT2D eigenvalue weighted by Crippen LogP contribution is 2.18. The van der Waals surface area contributed by atoms with Gasteiger partial charge in [0.2, 0.25) is 0 Å². The molecule has 0 unspecified atom stereocenters. The average molecular weight is 339 g/mol. The monoisotopic (exact) mass is 339 g/mol. The highest BCUT2D eigenvalue weighted by atomic mass is 19.1. The number of aromatic nitrogens is 2. The van der Waals surface area contributed by atoms with E-state index >= 15 is 0 Å². The van der Waals surface area contributed by atoms with Gasteiger partial charge in [-0.1, -0.05) is 12.1 Å². The van der Waals surface area contributed by atoms with Crippen LogP contribution in [0.4, 0.5) is 10.1 Å². The van der Waals surface area contributed by atoms with Gasteiger partial charge >= 0.3 is 0 Å². The topological polar surface area (TPSA) is 64.0 Å². The fourth-order valence-corrected chi connectivity index (χ4v) is 2.70. The number of aryl methyl sites for hydroxylation is 3. The van der Waals surface area contributed by atoms with Crippen molar-refractivity contribution in [2.45, 2.75) is 27.3 Å². The fourth-order valence-electron chi connectivity index (χ4n) is 2.70. The molecule has 0 saturated heterocycles. The number of carbonyl (C=O) groups is 1. The lowest BCUT2D eigenvalue weighted by Gasteiger charge is -2.12. The Morgan fingerprint density at radius 1 is 1.20 bits per heavy atom. The van der Waals surface area contributed by atoms with Gasteiger partial charge in [0.15, 0.2) is 5.69 Å². The summed E-state index contributed by atoms with van der Waals surface area (Å²) in [5, 5.41) is 2.42. The molecule has 1 aromatic heterocycles. The number of para-hydroxylation sites is 1. The molecule has 0 bridgehead atoms. The summed E-state index contributed by atoms with van der Waals surface area (Å²) in [6.07, 6.45) is 0. The van der Waals surface area contributed by atoms with Crippen LogP contribution in [0, 0.1) is 19.7 Å². The van der Waals surface area contributed by atoms with Crippen LogP contribution >= 0.6 is 0 Å². The molecular weight excluding hydrogens is 321 g/mol. The Hall–Kier alpha value is -3.02. The van der Waals surface area contributed by atoms with E-state index in [1.165, 1.54) is 22.8 Å². The number of hydrogen-bond donors (Lipinski definition) is 1. The second kappa shape index (κ2) is 6.47. The summed E-state index contributed by atoms with van der Waals surface area (Å²) < 4.78 is 15.2. The number of nitrogens with one attached hydrogen (secondary N) is 1. The summed E-state index contributed by atoms with van der Waals surface area (Å²) in [6.45, 7) is 6.13. The molecule has 25 heavy (non-hydrogen) atoms. The standard InChI is InChI=1S/C19H18FN3O2/c1-4-23-16-10-12(3)11(2)9-15(16)21-17(19(23)25)18(24)22-14-8-6-5-7-13(14)20/h5-10H,4H2,1-3H3,(H,22,24). The van der Waals surface area contributed by atoms with Crippen LogP contribution in [0.1, 0.15) is 28.5 Å². The van der Waals surface area contributed by atoms with Gasteiger partial charge in [-0.15, -0.1) is 0 Å². The van der Waals surface area contributed by atoms with Gasteiger partial charge in [0.05, 0.1) is 16.7 Å². The second-order valence-electron chi connectivity index (χ2n) is 5.87. The fraction of sp³-hybridized carbons (Fsp3) is 0.211. The van der Waals surface area contributed by atoms with Crippen LogP contribution in [0.2, 0.25) is 0 Å². The Balaban J connectivity index is 2.14. The molecule has 1 amide bonds. The number of fused-ring (bicyclic) bond motifs is 1. The molecule has 0 fully saturated rings. The Kier molecular flexibility index (Phi) is 4.35. The van der Waals surface area contributed by atoms with E-state index in [0.29, 0.717) is 17.6 Å². The molecule has 3 aromatic rings. The van der Waals surface area contributed by atoms with Gasteiger partial charge in [0.1, 0.15) is 5.82 Å². The van der Waals surface area contributed by atoms with E-state index in [1.807, 2.05) is 32.9 Å². The minimum Gasteiger partial charge on any atom is -0.318 e. The van der Waals surface area contributed by atoms with Crippen LogP contribution < -0.4 is 10.9 Å². The number of anilines is 1. The van der Waals surface area contributed by atoms with Crippen molar-refractivity contribution in [1.29, 1.82) is 0 Å². The number of rotatable bonds is 3. The highest BCUT2D eigenvalue weighted by Gasteiger charge is 2.18. The predicted octanol–water partition coefficient (Wildman–Crippen LogP) is 3.42. The summed E-state index contributed by atoms with van der Waals surface area (Å²) in [6, 6.07) is 9.52. The van der Waals surface area contributed by atoms with Crippen LogP contribution in [-0.4, -0.2) is 15.5 Å². The highest BCUT2D eigenvalue weighted by molar-refractivity contribution is 6.03. The molecule has 3 rings (SSSR count). The second-order valence-corrected chi connectivity index (χ2v) is 5.87. The summed E-state index contributed by atoms with van der Waals surface area (Å²) in [5.41, 5.74) is 2.56. The zero-order chi connectivity index (χ0) is 18.1. The van der Waals surface area contributed by atoms with Crippen molar-refractivity contribution in [1.82, 2.24) is 9.55 Å². The molecule has 0 aliphatic carbocycles. The van der Waals surface area contributed by atoms with E-state index in [-0.39, 0.29) is 11.4 Å². The molecule has 0 saturated carbocycles. The van der Waals surface area contributed by atoms with Crippen molar-refractivity contribution in [3.8, 4) is 0 Å². The molecule has 128 valence electrons. The number of benzene rings is 2. The molecule has 0 radical (unpaired) electrons. The first-order chi connectivity index (χ1) is 11.9. The number of nitrogens with zero attached hydrogens (tertiary/aromatic N) is 2. The van der Waals surface area contributed by atoms with E-state index in [9.17, 15) is 14.0 Å². The third-order valence-electron chi connectivity index (χ3n) is 4.22. The third-order valence-corrected chi connectivity index (χ3v) is 4.22. The Morgan fingerprint density at radius 3 is 2.56 bits per heavy atom. The summed E-state index contributed by atoms with van der Waals surface area (Å²) >= 11 is 0. The van der Waals surface area contributed by atoms with Gasteiger partial charge in [-0.05, 0) is 56.2 Å². The zero-order valence-electron chi connectivity index (χ0n) is 14.3. The Morgan fingerprint density at radius 2 is 1.88 bits per heavy atom. The van der Waals surface area contributed by atoms with Crippen molar-refractivity contribution in [2.24, 2.45) is 0 Å². The maximum Gasteiger partial charge on any atom is 0.282 e. The van der Waals surface area contributed by atoms with Crippen LogP contribution in [0.25, 0.3) is 11.0 Å². The molecule has 0 spiro atoms. The molecule has 5 nitrogen and oxygen atoms in total. The lowest BCUT2D eigenvalue weighted by atomic mass is 10.1. The summed E-state index contributed by atoms with van der Waals surface area (Å²) in [5.74, 6) is -1.30. The van der Waals surface area contributed by atoms with Crippen molar-refractivity contribution < 1.29 is 9.18 Å². The van der Waals surface area contributed by atoms with Gasteiger partial charge in [-0.3, -0.25) is 9.59 Å². The van der Waals surface area contributed by atoms with Gasteiger partial charge in [0, 0.05) is 6.54 Å². The molecule has 2 aromatic carbocycles. The van der Waals surface area contributed by atoms with Gasteiger partial charge in [-0.2, -0.15) is 0 Å². The largest absolute Gasteiger partial charge is 0.318 e. The molecular formula is C19H18FN3O2. The van der Waals surface area contributed by atoms with E-state index in [1.54, 1.807) is 6.07 Å². The lowest BCUT2D eigenvalue weighted by molar-refractivity contribution is 0.102. The maximum atomic E-state index is 13.7. The normalized spacial score (nSPS) is 10.9. The van der Waals surface area contributed by atoms with Crippen molar-refractivity contribution in [2.75, 3.05) is 5.32 Å².